The van der Waals surface area contributed by atoms with E-state index in [0.29, 0.717) is 5.52 Å². The maximum absolute atomic E-state index is 10.1. The summed E-state index contributed by atoms with van der Waals surface area (Å²) in [5.74, 6) is -0.751. The van der Waals surface area contributed by atoms with Crippen molar-refractivity contribution in [1.82, 2.24) is 9.97 Å². The molecule has 0 saturated carbocycles. The van der Waals surface area contributed by atoms with Crippen LogP contribution in [0.4, 0.5) is 0 Å². The van der Waals surface area contributed by atoms with Crippen LogP contribution in [0, 0.1) is 0 Å². The van der Waals surface area contributed by atoms with Gasteiger partial charge in [-0.05, 0) is 24.3 Å². The Morgan fingerprint density at radius 2 is 1.65 bits per heavy atom. The number of hydrogen-bond acceptors (Lipinski definition) is 4. The highest BCUT2D eigenvalue weighted by Crippen LogP contribution is 2.20. The number of hydrogen-bond donors (Lipinski definition) is 2. The number of para-hydroxylation sites is 1. The Balaban J connectivity index is 0.000000151. The molecule has 2 N–H and O–H groups in total. The van der Waals surface area contributed by atoms with Crippen LogP contribution in [0.15, 0.2) is 60.9 Å². The van der Waals surface area contributed by atoms with Gasteiger partial charge >= 0.3 is 5.97 Å². The van der Waals surface area contributed by atoms with Gasteiger partial charge in [-0.25, -0.2) is 9.78 Å². The standard InChI is InChI=1S/C9H7NO.C6H5NO2/c11-8-5-1-3-7-4-2-6-10-9(7)8;8-6(9)5-3-1-2-4-7-5/h1-6,11H;1-4H,(H,8,9). The molecule has 0 saturated heterocycles. The molecule has 0 spiro atoms. The van der Waals surface area contributed by atoms with Gasteiger partial charge in [0.05, 0.1) is 0 Å². The molecule has 3 rings (SSSR count). The summed E-state index contributed by atoms with van der Waals surface area (Å²) in [6.07, 6.45) is 3.12. The van der Waals surface area contributed by atoms with Crippen molar-refractivity contribution in [3.63, 3.8) is 0 Å². The Labute approximate surface area is 115 Å². The van der Waals surface area contributed by atoms with Crippen molar-refractivity contribution in [3.8, 4) is 5.75 Å². The number of aromatic nitrogens is 2. The predicted molar refractivity (Wildman–Crippen MR) is 74.6 cm³/mol. The van der Waals surface area contributed by atoms with Gasteiger partial charge in [0.2, 0.25) is 0 Å². The number of fused-ring (bicyclic) bond motifs is 1. The van der Waals surface area contributed by atoms with E-state index in [1.807, 2.05) is 18.2 Å². The zero-order valence-corrected chi connectivity index (χ0v) is 10.5. The summed E-state index contributed by atoms with van der Waals surface area (Å²) in [7, 11) is 0. The average molecular weight is 268 g/mol. The van der Waals surface area contributed by atoms with Crippen molar-refractivity contribution < 1.29 is 15.0 Å². The summed E-state index contributed by atoms with van der Waals surface area (Å²) >= 11 is 0. The maximum atomic E-state index is 10.1. The third kappa shape index (κ3) is 3.29. The number of phenolic OH excluding ortho intramolecular Hbond substituents is 1. The van der Waals surface area contributed by atoms with Crippen molar-refractivity contribution in [3.05, 3.63) is 66.6 Å². The number of carboxylic acid groups (broad SMARTS) is 1. The van der Waals surface area contributed by atoms with E-state index in [4.69, 9.17) is 5.11 Å². The Bertz CT molecular complexity index is 709. The van der Waals surface area contributed by atoms with Gasteiger partial charge in [-0.15, -0.1) is 0 Å². The molecule has 0 aliphatic heterocycles. The fourth-order valence-electron chi connectivity index (χ4n) is 1.58. The van der Waals surface area contributed by atoms with Crippen molar-refractivity contribution in [2.75, 3.05) is 0 Å². The molecule has 0 bridgehead atoms. The van der Waals surface area contributed by atoms with Gasteiger partial charge in [0.1, 0.15) is 17.0 Å². The molecule has 100 valence electrons. The van der Waals surface area contributed by atoms with Gasteiger partial charge in [-0.3, -0.25) is 4.98 Å². The lowest BCUT2D eigenvalue weighted by Crippen LogP contribution is -1.97. The highest BCUT2D eigenvalue weighted by Gasteiger charge is 1.99. The molecule has 0 aliphatic rings. The van der Waals surface area contributed by atoms with Crippen molar-refractivity contribution in [2.45, 2.75) is 0 Å². The number of aromatic carboxylic acids is 1. The van der Waals surface area contributed by atoms with Gasteiger partial charge < -0.3 is 10.2 Å². The quantitative estimate of drug-likeness (QED) is 0.709. The molecule has 0 radical (unpaired) electrons. The lowest BCUT2D eigenvalue weighted by molar-refractivity contribution is 0.0690. The molecule has 1 aromatic carbocycles. The molecule has 20 heavy (non-hydrogen) atoms. The molecule has 0 fully saturated rings. The highest BCUT2D eigenvalue weighted by atomic mass is 16.4. The summed E-state index contributed by atoms with van der Waals surface area (Å²) in [4.78, 5) is 17.7. The number of rotatable bonds is 1. The second-order valence-electron chi connectivity index (χ2n) is 3.87. The van der Waals surface area contributed by atoms with E-state index in [2.05, 4.69) is 9.97 Å². The van der Waals surface area contributed by atoms with Crippen LogP contribution in [0.2, 0.25) is 0 Å². The summed E-state index contributed by atoms with van der Waals surface area (Å²) in [5.41, 5.74) is 0.743. The molecule has 2 heterocycles. The lowest BCUT2D eigenvalue weighted by Gasteiger charge is -1.96. The fourth-order valence-corrected chi connectivity index (χ4v) is 1.58. The third-order valence-corrected chi connectivity index (χ3v) is 2.50. The summed E-state index contributed by atoms with van der Waals surface area (Å²) in [6.45, 7) is 0. The number of phenols is 1. The van der Waals surface area contributed by atoms with Crippen LogP contribution in [0.25, 0.3) is 10.9 Å². The number of pyridine rings is 2. The summed E-state index contributed by atoms with van der Waals surface area (Å²) in [6, 6.07) is 13.9. The number of aromatic hydroxyl groups is 1. The van der Waals surface area contributed by atoms with E-state index in [0.717, 1.165) is 5.39 Å². The topological polar surface area (TPSA) is 83.3 Å². The monoisotopic (exact) mass is 268 g/mol. The summed E-state index contributed by atoms with van der Waals surface area (Å²) in [5, 5.41) is 18.6. The van der Waals surface area contributed by atoms with E-state index in [1.54, 1.807) is 30.5 Å². The van der Waals surface area contributed by atoms with Crippen molar-refractivity contribution >= 4 is 16.9 Å². The molecule has 0 aliphatic carbocycles. The third-order valence-electron chi connectivity index (χ3n) is 2.50. The minimum atomic E-state index is -0.990. The van der Waals surface area contributed by atoms with E-state index in [1.165, 1.54) is 12.3 Å². The minimum absolute atomic E-state index is 0.0810. The molecule has 2 aromatic heterocycles. The molecule has 5 heteroatoms. The van der Waals surface area contributed by atoms with Crippen molar-refractivity contribution in [1.29, 1.82) is 0 Å². The van der Waals surface area contributed by atoms with Crippen LogP contribution in [-0.2, 0) is 0 Å². The van der Waals surface area contributed by atoms with E-state index in [-0.39, 0.29) is 11.4 Å². The maximum Gasteiger partial charge on any atom is 0.354 e. The first-order valence-electron chi connectivity index (χ1n) is 5.85. The Hall–Kier alpha value is -2.95. The number of nitrogens with zero attached hydrogens (tertiary/aromatic N) is 2. The Morgan fingerprint density at radius 1 is 0.900 bits per heavy atom. The van der Waals surface area contributed by atoms with Crippen LogP contribution < -0.4 is 0 Å². The highest BCUT2D eigenvalue weighted by molar-refractivity contribution is 5.85. The first kappa shape index (κ1) is 13.5. The molecule has 3 aromatic rings. The Kier molecular flexibility index (Phi) is 4.24. The van der Waals surface area contributed by atoms with E-state index < -0.39 is 5.97 Å². The van der Waals surface area contributed by atoms with Crippen molar-refractivity contribution in [2.24, 2.45) is 0 Å². The number of carboxylic acids is 1. The largest absolute Gasteiger partial charge is 0.506 e. The summed E-state index contributed by atoms with van der Waals surface area (Å²) < 4.78 is 0. The van der Waals surface area contributed by atoms with E-state index >= 15 is 0 Å². The van der Waals surface area contributed by atoms with Crippen LogP contribution in [0.3, 0.4) is 0 Å². The van der Waals surface area contributed by atoms with Gasteiger partial charge in [0, 0.05) is 17.8 Å². The molecule has 0 atom stereocenters. The zero-order chi connectivity index (χ0) is 14.4. The van der Waals surface area contributed by atoms with Crippen LogP contribution >= 0.6 is 0 Å². The first-order chi connectivity index (χ1) is 9.68. The molecule has 5 nitrogen and oxygen atoms in total. The molecule has 0 amide bonds. The first-order valence-corrected chi connectivity index (χ1v) is 5.85. The molecule has 0 unspecified atom stereocenters. The average Bonchev–Trinajstić information content (AvgIpc) is 2.49. The zero-order valence-electron chi connectivity index (χ0n) is 10.5. The smallest absolute Gasteiger partial charge is 0.354 e. The van der Waals surface area contributed by atoms with Gasteiger partial charge in [-0.1, -0.05) is 24.3 Å². The van der Waals surface area contributed by atoms with Gasteiger partial charge in [0.25, 0.3) is 0 Å². The predicted octanol–water partition coefficient (Wildman–Crippen LogP) is 2.72. The van der Waals surface area contributed by atoms with Crippen LogP contribution in [-0.4, -0.2) is 26.2 Å². The number of carbonyl (C=O) groups is 1. The number of benzene rings is 1. The minimum Gasteiger partial charge on any atom is -0.506 e. The van der Waals surface area contributed by atoms with Crippen LogP contribution in [0.5, 0.6) is 5.75 Å². The second-order valence-corrected chi connectivity index (χ2v) is 3.87. The lowest BCUT2D eigenvalue weighted by atomic mass is 10.2. The van der Waals surface area contributed by atoms with Gasteiger partial charge in [0.15, 0.2) is 0 Å². The molecular weight excluding hydrogens is 256 g/mol. The molecular formula is C15H12N2O3. The fraction of sp³-hybridized carbons (Fsp3) is 0. The Morgan fingerprint density at radius 3 is 2.25 bits per heavy atom. The normalized spacial score (nSPS) is 9.60. The second kappa shape index (κ2) is 6.29. The van der Waals surface area contributed by atoms with Gasteiger partial charge in [-0.2, -0.15) is 0 Å². The van der Waals surface area contributed by atoms with Crippen LogP contribution in [0.1, 0.15) is 10.5 Å². The van der Waals surface area contributed by atoms with E-state index in [9.17, 15) is 9.90 Å². The SMILES string of the molecule is O=C(O)c1ccccn1.Oc1cccc2cccnc12.